The van der Waals surface area contributed by atoms with Crippen molar-refractivity contribution in [2.24, 2.45) is 0 Å². The van der Waals surface area contributed by atoms with Gasteiger partial charge in [-0.15, -0.1) is 0 Å². The van der Waals surface area contributed by atoms with Gasteiger partial charge in [-0.2, -0.15) is 0 Å². The van der Waals surface area contributed by atoms with E-state index in [4.69, 9.17) is 22.1 Å². The summed E-state index contributed by atoms with van der Waals surface area (Å²) < 4.78 is 17.5. The molecule has 0 aliphatic heterocycles. The number of anilines is 1. The van der Waals surface area contributed by atoms with E-state index in [0.717, 1.165) is 12.1 Å². The number of nitrogen functional groups attached to an aromatic ring is 1. The Hall–Kier alpha value is -1.49. The lowest BCUT2D eigenvalue weighted by Gasteiger charge is -2.06. The topological polar surface area (TPSA) is 64.3 Å². The van der Waals surface area contributed by atoms with E-state index in [1.54, 1.807) is 0 Å². The molecule has 1 aromatic carbocycles. The van der Waals surface area contributed by atoms with Crippen molar-refractivity contribution in [1.29, 1.82) is 0 Å². The monoisotopic (exact) mass is 218 g/mol. The quantitative estimate of drug-likeness (QED) is 0.707. The minimum atomic E-state index is -0.695. The molecule has 0 spiro atoms. The zero-order valence-corrected chi connectivity index (χ0v) is 8.06. The Labute approximate surface area is 84.8 Å². The molecule has 0 atom stereocenters. The molecule has 0 aromatic heterocycles. The summed E-state index contributed by atoms with van der Waals surface area (Å²) >= 11 is 5.47. The number of nitrogens with two attached hydrogens (primary N) is 1. The highest BCUT2D eigenvalue weighted by atomic mass is 35.5. The first kappa shape index (κ1) is 10.6. The van der Waals surface area contributed by atoms with Crippen LogP contribution >= 0.6 is 11.6 Å². The van der Waals surface area contributed by atoms with Crippen molar-refractivity contribution in [1.82, 2.24) is 5.32 Å². The van der Waals surface area contributed by atoms with Crippen LogP contribution in [-0.2, 0) is 0 Å². The van der Waals surface area contributed by atoms with E-state index in [0.29, 0.717) is 0 Å². The number of carbonyl (C=O) groups excluding carboxylic acids is 1. The molecule has 3 N–H and O–H groups in total. The summed E-state index contributed by atoms with van der Waals surface area (Å²) in [7, 11) is 1.39. The van der Waals surface area contributed by atoms with Crippen LogP contribution < -0.4 is 15.8 Å². The molecule has 14 heavy (non-hydrogen) atoms. The number of halogens is 2. The summed E-state index contributed by atoms with van der Waals surface area (Å²) in [6, 6.07) is 2.13. The Morgan fingerprint density at radius 2 is 2.29 bits per heavy atom. The molecule has 1 amide bonds. The highest BCUT2D eigenvalue weighted by molar-refractivity contribution is 6.31. The van der Waals surface area contributed by atoms with Crippen molar-refractivity contribution in [3.8, 4) is 5.75 Å². The van der Waals surface area contributed by atoms with E-state index < -0.39 is 11.9 Å². The maximum absolute atomic E-state index is 12.8. The first-order valence-electron chi connectivity index (χ1n) is 3.68. The zero-order valence-electron chi connectivity index (χ0n) is 7.30. The summed E-state index contributed by atoms with van der Waals surface area (Å²) in [4.78, 5) is 10.8. The molecule has 0 heterocycles. The Bertz CT molecular complexity index is 371. The summed E-state index contributed by atoms with van der Waals surface area (Å²) in [5.74, 6) is -0.635. The van der Waals surface area contributed by atoms with Gasteiger partial charge < -0.3 is 15.8 Å². The van der Waals surface area contributed by atoms with E-state index in [1.165, 1.54) is 7.05 Å². The highest BCUT2D eigenvalue weighted by Gasteiger charge is 2.10. The van der Waals surface area contributed by atoms with Crippen LogP contribution in [0.5, 0.6) is 5.75 Å². The lowest BCUT2D eigenvalue weighted by Crippen LogP contribution is -2.22. The van der Waals surface area contributed by atoms with E-state index in [-0.39, 0.29) is 16.5 Å². The van der Waals surface area contributed by atoms with Gasteiger partial charge in [0.25, 0.3) is 0 Å². The number of hydrogen-bond donors (Lipinski definition) is 2. The van der Waals surface area contributed by atoms with E-state index in [9.17, 15) is 9.18 Å². The maximum Gasteiger partial charge on any atom is 0.412 e. The normalized spacial score (nSPS) is 9.64. The lowest BCUT2D eigenvalue weighted by atomic mass is 10.3. The number of carbonyl (C=O) groups is 1. The van der Waals surface area contributed by atoms with Crippen molar-refractivity contribution in [3.63, 3.8) is 0 Å². The Morgan fingerprint density at radius 3 is 2.86 bits per heavy atom. The standard InChI is InChI=1S/C8H8ClFN2O2/c1-12-8(13)14-7-2-4(9)5(10)3-6(7)11/h2-3H,11H2,1H3,(H,12,13). The summed E-state index contributed by atoms with van der Waals surface area (Å²) in [5, 5.41) is 2.07. The van der Waals surface area contributed by atoms with Crippen LogP contribution in [0.2, 0.25) is 5.02 Å². The Balaban J connectivity index is 2.98. The van der Waals surface area contributed by atoms with Crippen LogP contribution in [0.25, 0.3) is 0 Å². The molecule has 0 aliphatic rings. The van der Waals surface area contributed by atoms with Gasteiger partial charge in [-0.05, 0) is 0 Å². The average Bonchev–Trinajstić information content (AvgIpc) is 2.14. The number of nitrogens with one attached hydrogen (secondary N) is 1. The van der Waals surface area contributed by atoms with Gasteiger partial charge in [-0.1, -0.05) is 11.6 Å². The SMILES string of the molecule is CNC(=O)Oc1cc(Cl)c(F)cc1N. The second-order valence-electron chi connectivity index (χ2n) is 2.44. The Kier molecular flexibility index (Phi) is 3.14. The maximum atomic E-state index is 12.8. The van der Waals surface area contributed by atoms with Crippen molar-refractivity contribution in [3.05, 3.63) is 23.0 Å². The van der Waals surface area contributed by atoms with Crippen LogP contribution in [0.1, 0.15) is 0 Å². The Morgan fingerprint density at radius 1 is 1.64 bits per heavy atom. The highest BCUT2D eigenvalue weighted by Crippen LogP contribution is 2.28. The molecule has 0 radical (unpaired) electrons. The summed E-state index contributed by atoms with van der Waals surface area (Å²) in [5.41, 5.74) is 5.40. The third-order valence-corrected chi connectivity index (χ3v) is 1.75. The van der Waals surface area contributed by atoms with Crippen molar-refractivity contribution in [2.75, 3.05) is 12.8 Å². The molecule has 1 aromatic rings. The van der Waals surface area contributed by atoms with Gasteiger partial charge in [0, 0.05) is 19.2 Å². The van der Waals surface area contributed by atoms with Gasteiger partial charge in [0.15, 0.2) is 5.75 Å². The molecule has 0 saturated heterocycles. The van der Waals surface area contributed by atoms with Gasteiger partial charge in [-0.25, -0.2) is 9.18 Å². The number of ether oxygens (including phenoxy) is 1. The smallest absolute Gasteiger partial charge is 0.408 e. The molecule has 76 valence electrons. The molecule has 4 nitrogen and oxygen atoms in total. The van der Waals surface area contributed by atoms with E-state index >= 15 is 0 Å². The molecular formula is C8H8ClFN2O2. The van der Waals surface area contributed by atoms with Crippen LogP contribution in [0.3, 0.4) is 0 Å². The molecule has 0 bridgehead atoms. The van der Waals surface area contributed by atoms with Gasteiger partial charge in [0.1, 0.15) is 5.82 Å². The van der Waals surface area contributed by atoms with Gasteiger partial charge in [0.05, 0.1) is 10.7 Å². The molecular weight excluding hydrogens is 211 g/mol. The first-order chi connectivity index (χ1) is 6.54. The number of amides is 1. The fourth-order valence-electron chi connectivity index (χ4n) is 0.783. The third kappa shape index (κ3) is 2.26. The van der Waals surface area contributed by atoms with Crippen molar-refractivity contribution < 1.29 is 13.9 Å². The fourth-order valence-corrected chi connectivity index (χ4v) is 0.937. The summed E-state index contributed by atoms with van der Waals surface area (Å²) in [6.07, 6.45) is -0.695. The third-order valence-electron chi connectivity index (χ3n) is 1.46. The number of hydrogen-bond acceptors (Lipinski definition) is 3. The second kappa shape index (κ2) is 4.15. The molecule has 0 unspecified atom stereocenters. The lowest BCUT2D eigenvalue weighted by molar-refractivity contribution is 0.203. The predicted octanol–water partition coefficient (Wildman–Crippen LogP) is 1.78. The van der Waals surface area contributed by atoms with E-state index in [2.05, 4.69) is 5.32 Å². The molecule has 0 saturated carbocycles. The number of rotatable bonds is 1. The average molecular weight is 219 g/mol. The second-order valence-corrected chi connectivity index (χ2v) is 2.85. The van der Waals surface area contributed by atoms with E-state index in [1.807, 2.05) is 0 Å². The van der Waals surface area contributed by atoms with Gasteiger partial charge in [0.2, 0.25) is 0 Å². The van der Waals surface area contributed by atoms with Gasteiger partial charge >= 0.3 is 6.09 Å². The summed E-state index contributed by atoms with van der Waals surface area (Å²) in [6.45, 7) is 0. The molecule has 1 rings (SSSR count). The number of benzene rings is 1. The predicted molar refractivity (Wildman–Crippen MR) is 50.9 cm³/mol. The van der Waals surface area contributed by atoms with Crippen molar-refractivity contribution in [2.45, 2.75) is 0 Å². The molecule has 0 fully saturated rings. The minimum Gasteiger partial charge on any atom is -0.408 e. The van der Waals surface area contributed by atoms with Crippen molar-refractivity contribution >= 4 is 23.4 Å². The zero-order chi connectivity index (χ0) is 10.7. The molecule has 6 heteroatoms. The van der Waals surface area contributed by atoms with Crippen LogP contribution in [-0.4, -0.2) is 13.1 Å². The largest absolute Gasteiger partial charge is 0.412 e. The van der Waals surface area contributed by atoms with Crippen LogP contribution in [0.15, 0.2) is 12.1 Å². The fraction of sp³-hybridized carbons (Fsp3) is 0.125. The minimum absolute atomic E-state index is 0.00972. The molecule has 0 aliphatic carbocycles. The van der Waals surface area contributed by atoms with Crippen LogP contribution in [0.4, 0.5) is 14.9 Å². The first-order valence-corrected chi connectivity index (χ1v) is 4.06. The van der Waals surface area contributed by atoms with Crippen LogP contribution in [0, 0.1) is 5.82 Å². The van der Waals surface area contributed by atoms with Gasteiger partial charge in [-0.3, -0.25) is 0 Å².